The molecular weight excluding hydrogens is 308 g/mol. The Bertz CT molecular complexity index is 709. The number of halogens is 1. The van der Waals surface area contributed by atoms with Gasteiger partial charge in [0, 0.05) is 16.2 Å². The Hall–Kier alpha value is -2.21. The van der Waals surface area contributed by atoms with E-state index < -0.39 is 0 Å². The van der Waals surface area contributed by atoms with Crippen LogP contribution in [0.15, 0.2) is 51.7 Å². The maximum atomic E-state index is 5.82. The third-order valence-electron chi connectivity index (χ3n) is 2.61. The third-order valence-corrected chi connectivity index (χ3v) is 3.14. The molecule has 0 aliphatic rings. The molecule has 6 heteroatoms. The second-order valence-corrected chi connectivity index (χ2v) is 4.81. The van der Waals surface area contributed by atoms with Crippen LogP contribution in [0.2, 0.25) is 0 Å². The van der Waals surface area contributed by atoms with Gasteiger partial charge in [-0.1, -0.05) is 21.1 Å². The van der Waals surface area contributed by atoms with Gasteiger partial charge in [0.15, 0.2) is 0 Å². The van der Waals surface area contributed by atoms with E-state index in [1.807, 2.05) is 24.3 Å². The lowest BCUT2D eigenvalue weighted by Gasteiger charge is -1.97. The van der Waals surface area contributed by atoms with Gasteiger partial charge in [0.2, 0.25) is 5.82 Å². The molecular formula is C13H9BrN4O. The molecule has 0 atom stereocenters. The maximum Gasteiger partial charge on any atom is 0.260 e. The number of benzene rings is 1. The summed E-state index contributed by atoms with van der Waals surface area (Å²) in [7, 11) is 0. The monoisotopic (exact) mass is 316 g/mol. The highest BCUT2D eigenvalue weighted by atomic mass is 79.9. The standard InChI is InChI=1S/C13H9BrN4O/c14-9-3-1-8(2-4-9)12-17-13(19-18-12)10-5-6-16-7-11(10)15/h1-7H,15H2. The van der Waals surface area contributed by atoms with Crippen LogP contribution in [0.1, 0.15) is 0 Å². The van der Waals surface area contributed by atoms with Crippen molar-refractivity contribution in [2.24, 2.45) is 0 Å². The maximum absolute atomic E-state index is 5.82. The van der Waals surface area contributed by atoms with Gasteiger partial charge in [-0.3, -0.25) is 4.98 Å². The zero-order valence-corrected chi connectivity index (χ0v) is 11.3. The number of anilines is 1. The Kier molecular flexibility index (Phi) is 3.00. The molecule has 0 saturated carbocycles. The van der Waals surface area contributed by atoms with Crippen LogP contribution in [0.4, 0.5) is 5.69 Å². The van der Waals surface area contributed by atoms with Crippen molar-refractivity contribution in [3.8, 4) is 22.8 Å². The van der Waals surface area contributed by atoms with Crippen molar-refractivity contribution >= 4 is 21.6 Å². The zero-order chi connectivity index (χ0) is 13.2. The molecule has 19 heavy (non-hydrogen) atoms. The van der Waals surface area contributed by atoms with Gasteiger partial charge in [-0.05, 0) is 30.3 Å². The van der Waals surface area contributed by atoms with Gasteiger partial charge in [-0.2, -0.15) is 4.98 Å². The normalized spacial score (nSPS) is 10.6. The van der Waals surface area contributed by atoms with Crippen molar-refractivity contribution in [1.29, 1.82) is 0 Å². The van der Waals surface area contributed by atoms with Crippen molar-refractivity contribution in [1.82, 2.24) is 15.1 Å². The first kappa shape index (κ1) is 11.9. The summed E-state index contributed by atoms with van der Waals surface area (Å²) in [4.78, 5) is 8.27. The van der Waals surface area contributed by atoms with Crippen LogP contribution in [0.3, 0.4) is 0 Å². The summed E-state index contributed by atoms with van der Waals surface area (Å²) in [5, 5.41) is 3.96. The van der Waals surface area contributed by atoms with E-state index in [1.54, 1.807) is 18.5 Å². The summed E-state index contributed by atoms with van der Waals surface area (Å²) in [5.41, 5.74) is 7.90. The molecule has 0 aliphatic carbocycles. The van der Waals surface area contributed by atoms with Gasteiger partial charge in [0.05, 0.1) is 17.4 Å². The average Bonchev–Trinajstić information content (AvgIpc) is 2.89. The van der Waals surface area contributed by atoms with E-state index in [9.17, 15) is 0 Å². The molecule has 2 N–H and O–H groups in total. The Morgan fingerprint density at radius 1 is 1.11 bits per heavy atom. The molecule has 0 amide bonds. The summed E-state index contributed by atoms with van der Waals surface area (Å²) in [6, 6.07) is 9.41. The Labute approximate surface area is 117 Å². The Balaban J connectivity index is 2.00. The van der Waals surface area contributed by atoms with Gasteiger partial charge in [-0.25, -0.2) is 0 Å². The molecule has 0 bridgehead atoms. The molecule has 0 saturated heterocycles. The number of nitrogen functional groups attached to an aromatic ring is 1. The number of hydrogen-bond donors (Lipinski definition) is 1. The van der Waals surface area contributed by atoms with Gasteiger partial charge >= 0.3 is 0 Å². The zero-order valence-electron chi connectivity index (χ0n) is 9.75. The fraction of sp³-hybridized carbons (Fsp3) is 0. The fourth-order valence-corrected chi connectivity index (χ4v) is 1.91. The molecule has 0 fully saturated rings. The molecule has 0 aliphatic heterocycles. The highest BCUT2D eigenvalue weighted by Gasteiger charge is 2.12. The topological polar surface area (TPSA) is 77.8 Å². The molecule has 3 aromatic rings. The van der Waals surface area contributed by atoms with Crippen LogP contribution >= 0.6 is 15.9 Å². The number of hydrogen-bond acceptors (Lipinski definition) is 5. The van der Waals surface area contributed by atoms with E-state index in [4.69, 9.17) is 10.3 Å². The van der Waals surface area contributed by atoms with Gasteiger partial charge < -0.3 is 10.3 Å². The van der Waals surface area contributed by atoms with Gasteiger partial charge in [-0.15, -0.1) is 0 Å². The molecule has 1 aromatic carbocycles. The molecule has 5 nitrogen and oxygen atoms in total. The lowest BCUT2D eigenvalue weighted by Crippen LogP contribution is -1.90. The van der Waals surface area contributed by atoms with Crippen molar-refractivity contribution in [3.63, 3.8) is 0 Å². The highest BCUT2D eigenvalue weighted by Crippen LogP contribution is 2.26. The number of nitrogens with zero attached hydrogens (tertiary/aromatic N) is 3. The van der Waals surface area contributed by atoms with Crippen molar-refractivity contribution < 1.29 is 4.52 Å². The van der Waals surface area contributed by atoms with Crippen molar-refractivity contribution in [2.75, 3.05) is 5.73 Å². The second-order valence-electron chi connectivity index (χ2n) is 3.89. The molecule has 0 unspecified atom stereocenters. The number of rotatable bonds is 2. The molecule has 0 radical (unpaired) electrons. The minimum Gasteiger partial charge on any atom is -0.397 e. The first-order chi connectivity index (χ1) is 9.24. The lowest BCUT2D eigenvalue weighted by atomic mass is 10.2. The first-order valence-corrected chi connectivity index (χ1v) is 6.33. The minimum atomic E-state index is 0.387. The lowest BCUT2D eigenvalue weighted by molar-refractivity contribution is 0.432. The largest absolute Gasteiger partial charge is 0.397 e. The summed E-state index contributed by atoms with van der Waals surface area (Å²) in [6.07, 6.45) is 3.19. The molecule has 2 aromatic heterocycles. The van der Waals surface area contributed by atoms with Crippen LogP contribution < -0.4 is 5.73 Å². The van der Waals surface area contributed by atoms with E-state index in [-0.39, 0.29) is 0 Å². The predicted molar refractivity (Wildman–Crippen MR) is 75.1 cm³/mol. The summed E-state index contributed by atoms with van der Waals surface area (Å²) >= 11 is 3.38. The van der Waals surface area contributed by atoms with E-state index >= 15 is 0 Å². The van der Waals surface area contributed by atoms with Crippen LogP contribution in [0.25, 0.3) is 22.8 Å². The van der Waals surface area contributed by atoms with Gasteiger partial charge in [0.25, 0.3) is 5.89 Å². The van der Waals surface area contributed by atoms with Crippen LogP contribution in [0, 0.1) is 0 Å². The van der Waals surface area contributed by atoms with E-state index in [0.29, 0.717) is 23.0 Å². The predicted octanol–water partition coefficient (Wildman–Crippen LogP) is 3.14. The SMILES string of the molecule is Nc1cnccc1-c1nc(-c2ccc(Br)cc2)no1. The van der Waals surface area contributed by atoms with Gasteiger partial charge in [0.1, 0.15) is 0 Å². The average molecular weight is 317 g/mol. The van der Waals surface area contributed by atoms with E-state index in [1.165, 1.54) is 0 Å². The summed E-state index contributed by atoms with van der Waals surface area (Å²) in [6.45, 7) is 0. The Morgan fingerprint density at radius 3 is 2.63 bits per heavy atom. The van der Waals surface area contributed by atoms with Crippen LogP contribution in [-0.4, -0.2) is 15.1 Å². The molecule has 3 rings (SSSR count). The number of aromatic nitrogens is 3. The first-order valence-electron chi connectivity index (χ1n) is 5.53. The molecule has 94 valence electrons. The van der Waals surface area contributed by atoms with Crippen LogP contribution in [-0.2, 0) is 0 Å². The van der Waals surface area contributed by atoms with Crippen LogP contribution in [0.5, 0.6) is 0 Å². The smallest absolute Gasteiger partial charge is 0.260 e. The quantitative estimate of drug-likeness (QED) is 0.785. The Morgan fingerprint density at radius 2 is 1.89 bits per heavy atom. The highest BCUT2D eigenvalue weighted by molar-refractivity contribution is 9.10. The number of nitrogens with two attached hydrogens (primary N) is 1. The third kappa shape index (κ3) is 2.34. The van der Waals surface area contributed by atoms with E-state index in [2.05, 4.69) is 31.1 Å². The second kappa shape index (κ2) is 4.81. The fourth-order valence-electron chi connectivity index (χ4n) is 1.65. The summed E-state index contributed by atoms with van der Waals surface area (Å²) in [5.74, 6) is 0.913. The summed E-state index contributed by atoms with van der Waals surface area (Å²) < 4.78 is 6.23. The minimum absolute atomic E-state index is 0.387. The molecule has 0 spiro atoms. The van der Waals surface area contributed by atoms with Crippen molar-refractivity contribution in [2.45, 2.75) is 0 Å². The van der Waals surface area contributed by atoms with E-state index in [0.717, 1.165) is 10.0 Å². The van der Waals surface area contributed by atoms with Crippen molar-refractivity contribution in [3.05, 3.63) is 47.2 Å². The number of pyridine rings is 1. The molecule has 2 heterocycles.